The molecule has 4 rings (SSSR count). The number of carbonyl (C=O) groups excluding carboxylic acids is 2. The fourth-order valence-corrected chi connectivity index (χ4v) is 3.29. The summed E-state index contributed by atoms with van der Waals surface area (Å²) >= 11 is 5.89. The molecule has 31 heavy (non-hydrogen) atoms. The van der Waals surface area contributed by atoms with Crippen molar-refractivity contribution in [3.8, 4) is 5.75 Å². The first-order valence-electron chi connectivity index (χ1n) is 9.85. The molecule has 1 heterocycles. The van der Waals surface area contributed by atoms with Gasteiger partial charge in [-0.3, -0.25) is 9.69 Å². The van der Waals surface area contributed by atoms with Gasteiger partial charge in [-0.2, -0.15) is 0 Å². The van der Waals surface area contributed by atoms with Crippen molar-refractivity contribution in [3.63, 3.8) is 0 Å². The summed E-state index contributed by atoms with van der Waals surface area (Å²) in [6.07, 6.45) is 1.66. The number of hydrogen-bond acceptors (Lipinski definition) is 3. The molecule has 1 saturated heterocycles. The Kier molecular flexibility index (Phi) is 6.05. The van der Waals surface area contributed by atoms with Crippen LogP contribution >= 0.6 is 11.6 Å². The Bertz CT molecular complexity index is 1120. The smallest absolute Gasteiger partial charge is 0.329 e. The van der Waals surface area contributed by atoms with E-state index >= 15 is 0 Å². The predicted octanol–water partition coefficient (Wildman–Crippen LogP) is 5.32. The Labute approximate surface area is 185 Å². The summed E-state index contributed by atoms with van der Waals surface area (Å²) in [5, 5.41) is 3.25. The van der Waals surface area contributed by atoms with Gasteiger partial charge in [0.2, 0.25) is 0 Å². The van der Waals surface area contributed by atoms with E-state index in [1.807, 2.05) is 43.3 Å². The number of benzene rings is 3. The van der Waals surface area contributed by atoms with Gasteiger partial charge in [0.25, 0.3) is 5.91 Å². The van der Waals surface area contributed by atoms with Crippen LogP contribution in [-0.2, 0) is 17.9 Å². The quantitative estimate of drug-likeness (QED) is 0.423. The summed E-state index contributed by atoms with van der Waals surface area (Å²) in [4.78, 5) is 26.1. The minimum Gasteiger partial charge on any atom is -0.489 e. The topological polar surface area (TPSA) is 58.6 Å². The van der Waals surface area contributed by atoms with Crippen LogP contribution < -0.4 is 10.1 Å². The number of carbonyl (C=O) groups is 2. The molecule has 0 radical (unpaired) electrons. The number of nitrogens with zero attached hydrogens (tertiary/aromatic N) is 1. The maximum absolute atomic E-state index is 12.7. The van der Waals surface area contributed by atoms with Gasteiger partial charge < -0.3 is 10.1 Å². The number of halogens is 1. The molecule has 0 bridgehead atoms. The molecule has 1 fully saturated rings. The third kappa shape index (κ3) is 5.13. The van der Waals surface area contributed by atoms with E-state index in [9.17, 15) is 9.59 Å². The molecule has 0 saturated carbocycles. The molecule has 3 amide bonds. The molecule has 0 aromatic heterocycles. The van der Waals surface area contributed by atoms with Gasteiger partial charge in [-0.15, -0.1) is 0 Å². The molecule has 1 N–H and O–H groups in total. The average Bonchev–Trinajstić information content (AvgIpc) is 3.03. The predicted molar refractivity (Wildman–Crippen MR) is 120 cm³/mol. The zero-order valence-corrected chi connectivity index (χ0v) is 17.7. The minimum absolute atomic E-state index is 0.185. The number of amides is 3. The first-order valence-corrected chi connectivity index (χ1v) is 10.2. The first kappa shape index (κ1) is 20.7. The van der Waals surface area contributed by atoms with Crippen molar-refractivity contribution < 1.29 is 14.3 Å². The summed E-state index contributed by atoms with van der Waals surface area (Å²) in [6.45, 7) is 2.71. The van der Waals surface area contributed by atoms with Gasteiger partial charge in [-0.1, -0.05) is 65.7 Å². The van der Waals surface area contributed by atoms with E-state index < -0.39 is 6.03 Å². The second-order valence-corrected chi connectivity index (χ2v) is 7.79. The Hall–Kier alpha value is -3.57. The van der Waals surface area contributed by atoms with Gasteiger partial charge >= 0.3 is 6.03 Å². The van der Waals surface area contributed by atoms with Crippen molar-refractivity contribution in [3.05, 3.63) is 106 Å². The Balaban J connectivity index is 1.39. The maximum Gasteiger partial charge on any atom is 0.329 e. The Morgan fingerprint density at radius 3 is 2.23 bits per heavy atom. The highest BCUT2D eigenvalue weighted by Gasteiger charge is 2.33. The SMILES string of the molecule is Cc1ccc(COc2ccc(/C=C3/NC(=O)N(Cc4ccc(Cl)cc4)C3=O)cc2)cc1. The fraction of sp³-hybridized carbons (Fsp3) is 0.120. The molecule has 3 aromatic rings. The van der Waals surface area contributed by atoms with Crippen LogP contribution in [0.15, 0.2) is 78.5 Å². The van der Waals surface area contributed by atoms with Crippen LogP contribution in [0.5, 0.6) is 5.75 Å². The highest BCUT2D eigenvalue weighted by Crippen LogP contribution is 2.20. The van der Waals surface area contributed by atoms with E-state index in [1.54, 1.807) is 30.3 Å². The van der Waals surface area contributed by atoms with Gasteiger partial charge in [-0.25, -0.2) is 4.79 Å². The van der Waals surface area contributed by atoms with Gasteiger partial charge in [0.15, 0.2) is 0 Å². The van der Waals surface area contributed by atoms with E-state index in [0.717, 1.165) is 22.4 Å². The number of ether oxygens (including phenoxy) is 1. The lowest BCUT2D eigenvalue weighted by Crippen LogP contribution is -2.30. The van der Waals surface area contributed by atoms with Crippen molar-refractivity contribution in [2.45, 2.75) is 20.1 Å². The molecule has 1 aliphatic rings. The number of urea groups is 1. The van der Waals surface area contributed by atoms with Crippen molar-refractivity contribution >= 4 is 29.6 Å². The van der Waals surface area contributed by atoms with Crippen LogP contribution in [0.2, 0.25) is 5.02 Å². The molecule has 0 atom stereocenters. The number of rotatable bonds is 6. The summed E-state index contributed by atoms with van der Waals surface area (Å²) in [6, 6.07) is 22.2. The molecule has 1 aliphatic heterocycles. The van der Waals surface area contributed by atoms with Crippen molar-refractivity contribution in [1.82, 2.24) is 10.2 Å². The highest BCUT2D eigenvalue weighted by molar-refractivity contribution is 6.30. The number of hydrogen-bond donors (Lipinski definition) is 1. The van der Waals surface area contributed by atoms with E-state index in [4.69, 9.17) is 16.3 Å². The largest absolute Gasteiger partial charge is 0.489 e. The lowest BCUT2D eigenvalue weighted by atomic mass is 10.1. The lowest BCUT2D eigenvalue weighted by molar-refractivity contribution is -0.123. The standard InChI is InChI=1S/C25H21ClN2O3/c1-17-2-4-20(5-3-17)16-31-22-12-8-18(9-13-22)14-23-24(29)28(25(30)27-23)15-19-6-10-21(26)11-7-19/h2-14H,15-16H2,1H3,(H,27,30)/b23-14+. The molecular weight excluding hydrogens is 412 g/mol. The zero-order chi connectivity index (χ0) is 21.8. The second-order valence-electron chi connectivity index (χ2n) is 7.35. The van der Waals surface area contributed by atoms with Gasteiger partial charge in [-0.05, 0) is 54.0 Å². The molecule has 3 aromatic carbocycles. The normalized spacial score (nSPS) is 14.8. The van der Waals surface area contributed by atoms with Crippen molar-refractivity contribution in [2.24, 2.45) is 0 Å². The molecule has 156 valence electrons. The monoisotopic (exact) mass is 432 g/mol. The average molecular weight is 433 g/mol. The Morgan fingerprint density at radius 1 is 0.903 bits per heavy atom. The third-order valence-corrected chi connectivity index (χ3v) is 5.19. The number of imide groups is 1. The van der Waals surface area contributed by atoms with E-state index in [-0.39, 0.29) is 18.1 Å². The van der Waals surface area contributed by atoms with Crippen LogP contribution in [0, 0.1) is 6.92 Å². The first-order chi connectivity index (χ1) is 15.0. The second kappa shape index (κ2) is 9.06. The fourth-order valence-electron chi connectivity index (χ4n) is 3.17. The summed E-state index contributed by atoms with van der Waals surface area (Å²) in [5.41, 5.74) is 4.16. The molecular formula is C25H21ClN2O3. The number of nitrogens with one attached hydrogen (secondary N) is 1. The van der Waals surface area contributed by atoms with Crippen molar-refractivity contribution in [2.75, 3.05) is 0 Å². The Morgan fingerprint density at radius 2 is 1.55 bits per heavy atom. The van der Waals surface area contributed by atoms with Gasteiger partial charge in [0.1, 0.15) is 18.1 Å². The van der Waals surface area contributed by atoms with E-state index in [2.05, 4.69) is 17.4 Å². The van der Waals surface area contributed by atoms with Crippen LogP contribution in [0.1, 0.15) is 22.3 Å². The van der Waals surface area contributed by atoms with Crippen LogP contribution in [-0.4, -0.2) is 16.8 Å². The van der Waals surface area contributed by atoms with E-state index in [0.29, 0.717) is 11.6 Å². The van der Waals surface area contributed by atoms with E-state index in [1.165, 1.54) is 10.5 Å². The van der Waals surface area contributed by atoms with Gasteiger partial charge in [0.05, 0.1) is 6.54 Å². The molecule has 0 unspecified atom stereocenters. The van der Waals surface area contributed by atoms with Crippen LogP contribution in [0.25, 0.3) is 6.08 Å². The molecule has 6 heteroatoms. The lowest BCUT2D eigenvalue weighted by Gasteiger charge is -2.11. The highest BCUT2D eigenvalue weighted by atomic mass is 35.5. The van der Waals surface area contributed by atoms with Crippen molar-refractivity contribution in [1.29, 1.82) is 0 Å². The van der Waals surface area contributed by atoms with Gasteiger partial charge in [0, 0.05) is 5.02 Å². The minimum atomic E-state index is -0.441. The maximum atomic E-state index is 12.7. The summed E-state index contributed by atoms with van der Waals surface area (Å²) in [7, 11) is 0. The molecule has 5 nitrogen and oxygen atoms in total. The van der Waals surface area contributed by atoms with Crippen LogP contribution in [0.4, 0.5) is 4.79 Å². The summed E-state index contributed by atoms with van der Waals surface area (Å²) < 4.78 is 5.81. The molecule has 0 aliphatic carbocycles. The van der Waals surface area contributed by atoms with Crippen LogP contribution in [0.3, 0.4) is 0 Å². The third-order valence-electron chi connectivity index (χ3n) is 4.93. The molecule has 0 spiro atoms. The number of aryl methyl sites for hydroxylation is 1. The zero-order valence-electron chi connectivity index (χ0n) is 17.0. The summed E-state index contributed by atoms with van der Waals surface area (Å²) in [5.74, 6) is 0.369.